The summed E-state index contributed by atoms with van der Waals surface area (Å²) in [6.45, 7) is 9.30. The highest BCUT2D eigenvalue weighted by molar-refractivity contribution is 5.20. The van der Waals surface area contributed by atoms with E-state index < -0.39 is 0 Å². The zero-order valence-electron chi connectivity index (χ0n) is 5.35. The van der Waals surface area contributed by atoms with Crippen molar-refractivity contribution in [2.24, 2.45) is 0 Å². The van der Waals surface area contributed by atoms with Crippen LogP contribution in [0.5, 0.6) is 0 Å². The predicted molar refractivity (Wildman–Crippen MR) is 40.9 cm³/mol. The molecule has 0 bridgehead atoms. The van der Waals surface area contributed by atoms with Crippen molar-refractivity contribution in [1.82, 2.24) is 0 Å². The Bertz CT molecular complexity index is 112. The standard InChI is InChI=1S/C8H12.H2/c1-4-7-8(5-2)6-3;/h4-5,7H,1-2,6H2,3H3;1H/b8-7+;. The van der Waals surface area contributed by atoms with E-state index in [2.05, 4.69) is 20.1 Å². The minimum absolute atomic E-state index is 0. The average molecular weight is 110 g/mol. The zero-order chi connectivity index (χ0) is 6.41. The molecule has 0 atom stereocenters. The average Bonchev–Trinajstić information content (AvgIpc) is 1.83. The largest absolute Gasteiger partial charge is 0.0991 e. The van der Waals surface area contributed by atoms with Crippen LogP contribution in [-0.2, 0) is 0 Å². The maximum absolute atomic E-state index is 3.63. The van der Waals surface area contributed by atoms with Crippen molar-refractivity contribution in [3.63, 3.8) is 0 Å². The predicted octanol–water partition coefficient (Wildman–Crippen LogP) is 2.94. The Labute approximate surface area is 52.7 Å². The quantitative estimate of drug-likeness (QED) is 0.490. The molecular formula is C8H14. The molecule has 0 aliphatic carbocycles. The van der Waals surface area contributed by atoms with E-state index in [1.165, 1.54) is 5.57 Å². The third-order valence-electron chi connectivity index (χ3n) is 1.00. The Kier molecular flexibility index (Phi) is 3.95. The lowest BCUT2D eigenvalue weighted by molar-refractivity contribution is 1.15. The molecule has 0 heterocycles. The van der Waals surface area contributed by atoms with Gasteiger partial charge in [-0.3, -0.25) is 0 Å². The smallest absolute Gasteiger partial charge is 0 e. The fourth-order valence-electron chi connectivity index (χ4n) is 0.482. The number of allylic oxidation sites excluding steroid dienone is 4. The first kappa shape index (κ1) is 7.22. The molecule has 0 unspecified atom stereocenters. The van der Waals surface area contributed by atoms with Crippen LogP contribution in [0.3, 0.4) is 0 Å². The van der Waals surface area contributed by atoms with Gasteiger partial charge in [-0.25, -0.2) is 0 Å². The summed E-state index contributed by atoms with van der Waals surface area (Å²) in [5, 5.41) is 0. The molecule has 0 saturated carbocycles. The van der Waals surface area contributed by atoms with Gasteiger partial charge in [-0.05, 0) is 12.0 Å². The monoisotopic (exact) mass is 110 g/mol. The lowest BCUT2D eigenvalue weighted by atomic mass is 10.2. The van der Waals surface area contributed by atoms with Crippen molar-refractivity contribution in [3.05, 3.63) is 37.0 Å². The summed E-state index contributed by atoms with van der Waals surface area (Å²) in [4.78, 5) is 0. The van der Waals surface area contributed by atoms with Crippen molar-refractivity contribution in [2.45, 2.75) is 13.3 Å². The molecule has 0 aromatic carbocycles. The van der Waals surface area contributed by atoms with Gasteiger partial charge in [0.2, 0.25) is 0 Å². The van der Waals surface area contributed by atoms with E-state index in [0.717, 1.165) is 6.42 Å². The molecule has 0 fully saturated rings. The van der Waals surface area contributed by atoms with Crippen molar-refractivity contribution < 1.29 is 1.43 Å². The Morgan fingerprint density at radius 2 is 2.25 bits per heavy atom. The summed E-state index contributed by atoms with van der Waals surface area (Å²) in [6, 6.07) is 0. The van der Waals surface area contributed by atoms with Gasteiger partial charge in [0.1, 0.15) is 0 Å². The fourth-order valence-corrected chi connectivity index (χ4v) is 0.482. The van der Waals surface area contributed by atoms with Crippen LogP contribution in [0.25, 0.3) is 0 Å². The summed E-state index contributed by atoms with van der Waals surface area (Å²) >= 11 is 0. The van der Waals surface area contributed by atoms with E-state index in [1.54, 1.807) is 6.08 Å². The number of rotatable bonds is 3. The summed E-state index contributed by atoms with van der Waals surface area (Å²) in [5.74, 6) is 0. The molecule has 0 heteroatoms. The Balaban J connectivity index is 0. The number of hydrogen-bond donors (Lipinski definition) is 0. The highest BCUT2D eigenvalue weighted by Crippen LogP contribution is 1.99. The van der Waals surface area contributed by atoms with Gasteiger partial charge in [0, 0.05) is 1.43 Å². The molecule has 8 heavy (non-hydrogen) atoms. The van der Waals surface area contributed by atoms with E-state index in [1.807, 2.05) is 12.2 Å². The van der Waals surface area contributed by atoms with Crippen LogP contribution in [0.1, 0.15) is 14.8 Å². The third-order valence-corrected chi connectivity index (χ3v) is 1.00. The van der Waals surface area contributed by atoms with Crippen LogP contribution in [0.15, 0.2) is 37.0 Å². The summed E-state index contributed by atoms with van der Waals surface area (Å²) in [5.41, 5.74) is 1.24. The maximum Gasteiger partial charge on any atom is 0 e. The van der Waals surface area contributed by atoms with Crippen molar-refractivity contribution in [2.75, 3.05) is 0 Å². The van der Waals surface area contributed by atoms with Crippen molar-refractivity contribution >= 4 is 0 Å². The van der Waals surface area contributed by atoms with Crippen molar-refractivity contribution in [3.8, 4) is 0 Å². The molecule has 0 radical (unpaired) electrons. The van der Waals surface area contributed by atoms with E-state index in [9.17, 15) is 0 Å². The van der Waals surface area contributed by atoms with Gasteiger partial charge in [-0.2, -0.15) is 0 Å². The Morgan fingerprint density at radius 3 is 2.38 bits per heavy atom. The molecule has 0 rings (SSSR count). The molecule has 46 valence electrons. The van der Waals surface area contributed by atoms with E-state index in [4.69, 9.17) is 0 Å². The summed E-state index contributed by atoms with van der Waals surface area (Å²) in [6.07, 6.45) is 6.63. The van der Waals surface area contributed by atoms with Gasteiger partial charge in [0.15, 0.2) is 0 Å². The molecule has 0 aromatic heterocycles. The first-order chi connectivity index (χ1) is 3.85. The second-order valence-corrected chi connectivity index (χ2v) is 1.53. The molecule has 0 aliphatic heterocycles. The van der Waals surface area contributed by atoms with Gasteiger partial charge in [0.05, 0.1) is 0 Å². The van der Waals surface area contributed by atoms with Gasteiger partial charge >= 0.3 is 0 Å². The summed E-state index contributed by atoms with van der Waals surface area (Å²) < 4.78 is 0. The lowest BCUT2D eigenvalue weighted by Crippen LogP contribution is -1.68. The summed E-state index contributed by atoms with van der Waals surface area (Å²) in [7, 11) is 0. The highest BCUT2D eigenvalue weighted by atomic mass is 13.8. The third kappa shape index (κ3) is 2.40. The Hall–Kier alpha value is -0.780. The van der Waals surface area contributed by atoms with E-state index in [0.29, 0.717) is 0 Å². The molecule has 0 spiro atoms. The van der Waals surface area contributed by atoms with Gasteiger partial charge in [0.25, 0.3) is 0 Å². The van der Waals surface area contributed by atoms with Crippen molar-refractivity contribution in [1.29, 1.82) is 0 Å². The first-order valence-corrected chi connectivity index (χ1v) is 2.79. The Morgan fingerprint density at radius 1 is 1.62 bits per heavy atom. The SMILES string of the molecule is C=C/C=C(\C=C)CC.[HH]. The second kappa shape index (κ2) is 4.38. The normalized spacial score (nSPS) is 10.9. The minimum atomic E-state index is 0. The van der Waals surface area contributed by atoms with Gasteiger partial charge in [-0.15, -0.1) is 0 Å². The fraction of sp³-hybridized carbons (Fsp3) is 0.250. The number of hydrogen-bond acceptors (Lipinski definition) is 0. The molecular weight excluding hydrogens is 96.1 g/mol. The van der Waals surface area contributed by atoms with Crippen LogP contribution in [0.4, 0.5) is 0 Å². The second-order valence-electron chi connectivity index (χ2n) is 1.53. The highest BCUT2D eigenvalue weighted by Gasteiger charge is 1.79. The topological polar surface area (TPSA) is 0 Å². The van der Waals surface area contributed by atoms with Crippen LogP contribution < -0.4 is 0 Å². The van der Waals surface area contributed by atoms with E-state index in [-0.39, 0.29) is 1.43 Å². The molecule has 0 aliphatic rings. The van der Waals surface area contributed by atoms with Crippen LogP contribution >= 0.6 is 0 Å². The van der Waals surface area contributed by atoms with Crippen LogP contribution in [-0.4, -0.2) is 0 Å². The lowest BCUT2D eigenvalue weighted by Gasteiger charge is -1.89. The van der Waals surface area contributed by atoms with Gasteiger partial charge < -0.3 is 0 Å². The molecule has 0 aromatic rings. The molecule has 0 amide bonds. The van der Waals surface area contributed by atoms with Crippen LogP contribution in [0, 0.1) is 0 Å². The molecule has 0 saturated heterocycles. The molecule has 0 nitrogen and oxygen atoms in total. The molecule has 0 N–H and O–H groups in total. The first-order valence-electron chi connectivity index (χ1n) is 2.79. The van der Waals surface area contributed by atoms with E-state index >= 15 is 0 Å². The minimum Gasteiger partial charge on any atom is -0.0991 e. The zero-order valence-corrected chi connectivity index (χ0v) is 5.35. The van der Waals surface area contributed by atoms with Gasteiger partial charge in [-0.1, -0.05) is 38.3 Å². The van der Waals surface area contributed by atoms with Crippen LogP contribution in [0.2, 0.25) is 0 Å². The maximum atomic E-state index is 3.63.